The quantitative estimate of drug-likeness (QED) is 0.687. The van der Waals surface area contributed by atoms with Gasteiger partial charge in [0, 0.05) is 15.8 Å². The summed E-state index contributed by atoms with van der Waals surface area (Å²) in [5.74, 6) is -0.968. The number of nitro groups is 1. The van der Waals surface area contributed by atoms with E-state index in [4.69, 9.17) is 5.11 Å². The Morgan fingerprint density at radius 3 is 2.79 bits per heavy atom. The number of carbonyl (C=O) groups is 1. The molecule has 2 aromatic rings. The molecular formula is C11H8N2O4S2. The number of hydrogen-bond donors (Lipinski definition) is 1. The second-order valence-corrected chi connectivity index (χ2v) is 5.63. The van der Waals surface area contributed by atoms with Crippen LogP contribution in [-0.4, -0.2) is 21.0 Å². The number of carboxylic acids is 1. The number of carboxylic acid groups (broad SMARTS) is 1. The predicted octanol–water partition coefficient (Wildman–Crippen LogP) is 3.21. The Kier molecular flexibility index (Phi) is 3.82. The molecular weight excluding hydrogens is 288 g/mol. The SMILES string of the molecule is Cc1cc(Sc2csc(C(=O)O)c2)ncc1[N+](=O)[O-]. The lowest BCUT2D eigenvalue weighted by molar-refractivity contribution is -0.385. The maximum absolute atomic E-state index is 10.8. The number of nitrogens with zero attached hydrogens (tertiary/aromatic N) is 2. The molecule has 0 bridgehead atoms. The summed E-state index contributed by atoms with van der Waals surface area (Å²) in [5, 5.41) is 21.8. The summed E-state index contributed by atoms with van der Waals surface area (Å²) in [6.45, 7) is 1.64. The van der Waals surface area contributed by atoms with Gasteiger partial charge in [0.15, 0.2) is 0 Å². The molecule has 98 valence electrons. The van der Waals surface area contributed by atoms with Crippen LogP contribution in [0.25, 0.3) is 0 Å². The van der Waals surface area contributed by atoms with E-state index in [1.54, 1.807) is 24.4 Å². The Balaban J connectivity index is 2.21. The lowest BCUT2D eigenvalue weighted by Crippen LogP contribution is -1.93. The van der Waals surface area contributed by atoms with E-state index in [1.165, 1.54) is 18.0 Å². The van der Waals surface area contributed by atoms with Crippen LogP contribution in [0.1, 0.15) is 15.2 Å². The van der Waals surface area contributed by atoms with Crippen LogP contribution in [-0.2, 0) is 0 Å². The molecule has 0 aliphatic rings. The summed E-state index contributed by atoms with van der Waals surface area (Å²) in [5.41, 5.74) is 0.497. The van der Waals surface area contributed by atoms with Gasteiger partial charge in [-0.25, -0.2) is 9.78 Å². The molecule has 0 saturated carbocycles. The maximum atomic E-state index is 10.8. The van der Waals surface area contributed by atoms with Gasteiger partial charge >= 0.3 is 5.97 Å². The molecule has 2 rings (SSSR count). The van der Waals surface area contributed by atoms with Gasteiger partial charge in [0.2, 0.25) is 0 Å². The van der Waals surface area contributed by atoms with Crippen LogP contribution in [0.15, 0.2) is 33.6 Å². The van der Waals surface area contributed by atoms with Crippen molar-refractivity contribution in [2.45, 2.75) is 16.8 Å². The average Bonchev–Trinajstić information content (AvgIpc) is 2.77. The summed E-state index contributed by atoms with van der Waals surface area (Å²) in [7, 11) is 0. The minimum absolute atomic E-state index is 0.0270. The molecule has 1 N–H and O–H groups in total. The second-order valence-electron chi connectivity index (χ2n) is 3.62. The Bertz CT molecular complexity index is 654. The smallest absolute Gasteiger partial charge is 0.345 e. The summed E-state index contributed by atoms with van der Waals surface area (Å²) in [4.78, 5) is 25.9. The van der Waals surface area contributed by atoms with Crippen molar-refractivity contribution in [2.24, 2.45) is 0 Å². The normalized spacial score (nSPS) is 10.4. The van der Waals surface area contributed by atoms with Crippen LogP contribution in [0.4, 0.5) is 5.69 Å². The molecule has 0 unspecified atom stereocenters. The Hall–Kier alpha value is -1.93. The molecule has 2 heterocycles. The molecule has 0 amide bonds. The zero-order valence-electron chi connectivity index (χ0n) is 9.69. The van der Waals surface area contributed by atoms with Crippen LogP contribution in [0, 0.1) is 17.0 Å². The molecule has 19 heavy (non-hydrogen) atoms. The number of hydrogen-bond acceptors (Lipinski definition) is 6. The van der Waals surface area contributed by atoms with Gasteiger partial charge in [-0.2, -0.15) is 0 Å². The lowest BCUT2D eigenvalue weighted by atomic mass is 10.3. The van der Waals surface area contributed by atoms with E-state index in [1.807, 2.05) is 0 Å². The highest BCUT2D eigenvalue weighted by Crippen LogP contribution is 2.31. The number of thiophene rings is 1. The predicted molar refractivity (Wildman–Crippen MR) is 71.0 cm³/mol. The molecule has 0 radical (unpaired) electrons. The van der Waals surface area contributed by atoms with Gasteiger partial charge in [-0.3, -0.25) is 10.1 Å². The number of rotatable bonds is 4. The zero-order valence-corrected chi connectivity index (χ0v) is 11.3. The van der Waals surface area contributed by atoms with Crippen molar-refractivity contribution in [3.05, 3.63) is 44.3 Å². The van der Waals surface area contributed by atoms with Gasteiger partial charge in [-0.15, -0.1) is 11.3 Å². The number of aryl methyl sites for hydroxylation is 1. The van der Waals surface area contributed by atoms with E-state index < -0.39 is 10.9 Å². The highest BCUT2D eigenvalue weighted by molar-refractivity contribution is 7.99. The summed E-state index contributed by atoms with van der Waals surface area (Å²) in [6.07, 6.45) is 1.21. The van der Waals surface area contributed by atoms with Crippen molar-refractivity contribution in [3.63, 3.8) is 0 Å². The monoisotopic (exact) mass is 296 g/mol. The van der Waals surface area contributed by atoms with E-state index in [9.17, 15) is 14.9 Å². The van der Waals surface area contributed by atoms with Crippen LogP contribution in [0.2, 0.25) is 0 Å². The van der Waals surface area contributed by atoms with Crippen molar-refractivity contribution in [3.8, 4) is 0 Å². The van der Waals surface area contributed by atoms with Crippen molar-refractivity contribution in [2.75, 3.05) is 0 Å². The summed E-state index contributed by atoms with van der Waals surface area (Å²) >= 11 is 2.41. The number of aromatic carboxylic acids is 1. The fraction of sp³-hybridized carbons (Fsp3) is 0.0909. The van der Waals surface area contributed by atoms with Crippen molar-refractivity contribution < 1.29 is 14.8 Å². The van der Waals surface area contributed by atoms with Gasteiger partial charge in [0.25, 0.3) is 5.69 Å². The molecule has 0 spiro atoms. The van der Waals surface area contributed by atoms with Crippen molar-refractivity contribution in [1.29, 1.82) is 0 Å². The Morgan fingerprint density at radius 2 is 2.26 bits per heavy atom. The summed E-state index contributed by atoms with van der Waals surface area (Å²) < 4.78 is 0. The zero-order chi connectivity index (χ0) is 14.0. The largest absolute Gasteiger partial charge is 0.477 e. The Labute approximate surface area is 116 Å². The third-order valence-electron chi connectivity index (χ3n) is 2.26. The fourth-order valence-electron chi connectivity index (χ4n) is 1.38. The molecule has 0 atom stereocenters. The first-order valence-corrected chi connectivity index (χ1v) is 6.77. The first-order valence-electron chi connectivity index (χ1n) is 5.08. The third kappa shape index (κ3) is 3.09. The average molecular weight is 296 g/mol. The molecule has 8 heteroatoms. The fourth-order valence-corrected chi connectivity index (χ4v) is 3.15. The van der Waals surface area contributed by atoms with Gasteiger partial charge in [-0.05, 0) is 19.1 Å². The van der Waals surface area contributed by atoms with Crippen LogP contribution in [0.3, 0.4) is 0 Å². The maximum Gasteiger partial charge on any atom is 0.345 e. The molecule has 2 aromatic heterocycles. The third-order valence-corrected chi connectivity index (χ3v) is 4.23. The van der Waals surface area contributed by atoms with Crippen LogP contribution < -0.4 is 0 Å². The van der Waals surface area contributed by atoms with Crippen LogP contribution >= 0.6 is 23.1 Å². The first-order chi connectivity index (χ1) is 8.97. The minimum Gasteiger partial charge on any atom is -0.477 e. The molecule has 6 nitrogen and oxygen atoms in total. The lowest BCUT2D eigenvalue weighted by Gasteiger charge is -2.00. The van der Waals surface area contributed by atoms with Gasteiger partial charge < -0.3 is 5.11 Å². The van der Waals surface area contributed by atoms with Gasteiger partial charge in [-0.1, -0.05) is 11.8 Å². The van der Waals surface area contributed by atoms with E-state index in [-0.39, 0.29) is 10.6 Å². The number of pyridine rings is 1. The van der Waals surface area contributed by atoms with E-state index in [0.717, 1.165) is 16.2 Å². The Morgan fingerprint density at radius 1 is 1.53 bits per heavy atom. The van der Waals surface area contributed by atoms with Gasteiger partial charge in [0.05, 0.1) is 4.92 Å². The molecule has 0 saturated heterocycles. The van der Waals surface area contributed by atoms with E-state index in [0.29, 0.717) is 10.6 Å². The molecule has 0 aromatic carbocycles. The van der Waals surface area contributed by atoms with Crippen molar-refractivity contribution in [1.82, 2.24) is 4.98 Å². The summed E-state index contributed by atoms with van der Waals surface area (Å²) in [6, 6.07) is 3.16. The first kappa shape index (κ1) is 13.5. The van der Waals surface area contributed by atoms with Crippen LogP contribution in [0.5, 0.6) is 0 Å². The van der Waals surface area contributed by atoms with Crippen molar-refractivity contribution >= 4 is 34.8 Å². The molecule has 0 fully saturated rings. The van der Waals surface area contributed by atoms with E-state index >= 15 is 0 Å². The number of aromatic nitrogens is 1. The highest BCUT2D eigenvalue weighted by Gasteiger charge is 2.13. The topological polar surface area (TPSA) is 93.3 Å². The molecule has 0 aliphatic carbocycles. The second kappa shape index (κ2) is 5.37. The highest BCUT2D eigenvalue weighted by atomic mass is 32.2. The van der Waals surface area contributed by atoms with E-state index in [2.05, 4.69) is 4.98 Å². The standard InChI is InChI=1S/C11H8N2O4S2/c1-6-2-10(12-4-8(6)13(16)17)19-7-3-9(11(14)15)18-5-7/h2-5H,1H3,(H,14,15). The minimum atomic E-state index is -0.968. The molecule has 0 aliphatic heterocycles. The van der Waals surface area contributed by atoms with Gasteiger partial charge in [0.1, 0.15) is 16.1 Å².